The van der Waals surface area contributed by atoms with Crippen molar-refractivity contribution >= 4 is 48.3 Å². The lowest BCUT2D eigenvalue weighted by molar-refractivity contribution is -0.145. The Kier molecular flexibility index (Phi) is 8.17. The van der Waals surface area contributed by atoms with Crippen LogP contribution in [0.3, 0.4) is 0 Å². The second-order valence-corrected chi connectivity index (χ2v) is 12.3. The summed E-state index contributed by atoms with van der Waals surface area (Å²) in [5.41, 5.74) is -0.719. The SMILES string of the molecule is CC(C)(C)[C@H](NC(=O)NP)C(=O)N1CC2[C@@H]([C@H]1C(=O)NC(CC1CCC1)C(=O)C(=O)NP)C2(C)C. The van der Waals surface area contributed by atoms with E-state index in [4.69, 9.17) is 0 Å². The van der Waals surface area contributed by atoms with Gasteiger partial charge >= 0.3 is 6.03 Å². The number of likely N-dealkylation sites (tertiary alicyclic amines) is 1. The molecule has 4 unspecified atom stereocenters. The van der Waals surface area contributed by atoms with E-state index in [-0.39, 0.29) is 29.1 Å². The van der Waals surface area contributed by atoms with Gasteiger partial charge in [-0.05, 0) is 53.8 Å². The van der Waals surface area contributed by atoms with Crippen LogP contribution in [0.5, 0.6) is 0 Å². The van der Waals surface area contributed by atoms with Crippen molar-refractivity contribution in [2.24, 2.45) is 28.6 Å². The van der Waals surface area contributed by atoms with Crippen LogP contribution in [0.1, 0.15) is 60.3 Å². The number of urea groups is 1. The molecule has 7 atom stereocenters. The van der Waals surface area contributed by atoms with Crippen molar-refractivity contribution in [2.45, 2.75) is 78.4 Å². The molecular weight excluding hydrogens is 488 g/mol. The number of hydrogen-bond donors (Lipinski definition) is 4. The van der Waals surface area contributed by atoms with Crippen LogP contribution in [0.2, 0.25) is 0 Å². The van der Waals surface area contributed by atoms with Gasteiger partial charge in [0.15, 0.2) is 0 Å². The molecule has 1 saturated heterocycles. The summed E-state index contributed by atoms with van der Waals surface area (Å²) < 4.78 is 0. The van der Waals surface area contributed by atoms with Crippen LogP contribution in [0.15, 0.2) is 0 Å². The summed E-state index contributed by atoms with van der Waals surface area (Å²) in [6.45, 7) is 10.1. The van der Waals surface area contributed by atoms with Crippen molar-refractivity contribution in [1.82, 2.24) is 25.7 Å². The molecule has 0 aromatic heterocycles. The maximum absolute atomic E-state index is 13.7. The van der Waals surface area contributed by atoms with E-state index in [0.29, 0.717) is 13.0 Å². The fraction of sp³-hybridized carbons (Fsp3) is 0.783. The van der Waals surface area contributed by atoms with Crippen LogP contribution in [0, 0.1) is 28.6 Å². The molecule has 0 radical (unpaired) electrons. The predicted octanol–water partition coefficient (Wildman–Crippen LogP) is 1.12. The lowest BCUT2D eigenvalue weighted by atomic mass is 9.80. The number of carbonyl (C=O) groups excluding carboxylic acids is 5. The first-order valence-corrected chi connectivity index (χ1v) is 13.3. The Morgan fingerprint density at radius 3 is 2.14 bits per heavy atom. The minimum absolute atomic E-state index is 0.0577. The smallest absolute Gasteiger partial charge is 0.318 e. The monoisotopic (exact) mass is 527 g/mol. The summed E-state index contributed by atoms with van der Waals surface area (Å²) in [6, 6.07) is -3.08. The van der Waals surface area contributed by atoms with Crippen LogP contribution in [-0.4, -0.2) is 59.1 Å². The number of hydrogen-bond acceptors (Lipinski definition) is 5. The minimum atomic E-state index is -0.939. The van der Waals surface area contributed by atoms with Gasteiger partial charge in [0.05, 0.1) is 6.04 Å². The molecule has 3 aliphatic rings. The Morgan fingerprint density at radius 2 is 1.66 bits per heavy atom. The normalized spacial score (nSPS) is 26.5. The summed E-state index contributed by atoms with van der Waals surface area (Å²) in [7, 11) is 4.12. The largest absolute Gasteiger partial charge is 0.344 e. The average molecular weight is 528 g/mol. The van der Waals surface area contributed by atoms with Crippen LogP contribution in [-0.2, 0) is 19.2 Å². The lowest BCUT2D eigenvalue weighted by Crippen LogP contribution is -2.61. The fourth-order valence-corrected chi connectivity index (χ4v) is 5.81. The van der Waals surface area contributed by atoms with E-state index in [1.54, 1.807) is 4.90 Å². The van der Waals surface area contributed by atoms with Crippen molar-refractivity contribution in [3.63, 3.8) is 0 Å². The maximum Gasteiger partial charge on any atom is 0.318 e. The topological polar surface area (TPSA) is 137 Å². The zero-order valence-electron chi connectivity index (χ0n) is 21.1. The molecule has 1 aliphatic heterocycles. The number of fused-ring (bicyclic) bond motifs is 1. The van der Waals surface area contributed by atoms with Gasteiger partial charge < -0.3 is 25.7 Å². The van der Waals surface area contributed by atoms with E-state index in [1.807, 2.05) is 30.2 Å². The van der Waals surface area contributed by atoms with Gasteiger partial charge in [0.2, 0.25) is 17.6 Å². The molecule has 2 aliphatic carbocycles. The highest BCUT2D eigenvalue weighted by Crippen LogP contribution is 2.65. The molecule has 3 rings (SSSR count). The molecule has 5 amide bonds. The fourth-order valence-electron chi connectivity index (χ4n) is 5.58. The van der Waals surface area contributed by atoms with Gasteiger partial charge in [-0.1, -0.05) is 53.9 Å². The summed E-state index contributed by atoms with van der Waals surface area (Å²) in [6.07, 6.45) is 3.40. The molecule has 1 heterocycles. The van der Waals surface area contributed by atoms with Crippen molar-refractivity contribution in [2.75, 3.05) is 6.54 Å². The third-order valence-electron chi connectivity index (χ3n) is 8.06. The third kappa shape index (κ3) is 5.64. The molecular formula is C23H39N5O5P2. The highest BCUT2D eigenvalue weighted by Gasteiger charge is 2.69. The van der Waals surface area contributed by atoms with Crippen LogP contribution >= 0.6 is 18.8 Å². The quantitative estimate of drug-likeness (QED) is 0.277. The molecule has 12 heteroatoms. The van der Waals surface area contributed by atoms with E-state index < -0.39 is 47.2 Å². The highest BCUT2D eigenvalue weighted by molar-refractivity contribution is 7.15. The maximum atomic E-state index is 13.7. The first-order chi connectivity index (χ1) is 16.2. The summed E-state index contributed by atoms with van der Waals surface area (Å²) in [5.74, 6) is -1.84. The number of nitrogens with zero attached hydrogens (tertiary/aromatic N) is 1. The number of amides is 5. The Hall–Kier alpha value is -1.79. The zero-order valence-corrected chi connectivity index (χ0v) is 23.5. The van der Waals surface area contributed by atoms with Crippen LogP contribution in [0.25, 0.3) is 0 Å². The molecule has 10 nitrogen and oxygen atoms in total. The van der Waals surface area contributed by atoms with Gasteiger partial charge in [0.1, 0.15) is 12.1 Å². The van der Waals surface area contributed by atoms with Crippen molar-refractivity contribution < 1.29 is 24.0 Å². The summed E-state index contributed by atoms with van der Waals surface area (Å²) in [4.78, 5) is 65.8. The summed E-state index contributed by atoms with van der Waals surface area (Å²) in [5, 5.41) is 10.2. The second kappa shape index (κ2) is 10.3. The number of nitrogens with one attached hydrogen (secondary N) is 4. The number of rotatable bonds is 8. The minimum Gasteiger partial charge on any atom is -0.344 e. The molecule has 2 saturated carbocycles. The third-order valence-corrected chi connectivity index (χ3v) is 8.59. The van der Waals surface area contributed by atoms with Gasteiger partial charge in [-0.3, -0.25) is 19.2 Å². The molecule has 4 N–H and O–H groups in total. The predicted molar refractivity (Wildman–Crippen MR) is 138 cm³/mol. The standard InChI is InChI=1S/C23H39N5O5P2/c1-22(2,3)17(25-21(33)27-35)20(32)28-10-12-14(23(12,4)5)15(28)18(30)24-13(9-11-7-6-8-11)16(29)19(31)26-34/h11-15,17H,6-10,34-35H2,1-5H3,(H,24,30)(H,26,31)(H2,25,27,33)/t12?,13?,14-,15-,17+/m0/s1. The molecule has 0 bridgehead atoms. The molecule has 3 fully saturated rings. The van der Waals surface area contributed by atoms with E-state index >= 15 is 0 Å². The van der Waals surface area contributed by atoms with Gasteiger partial charge in [-0.25, -0.2) is 4.79 Å². The van der Waals surface area contributed by atoms with Crippen molar-refractivity contribution in [1.29, 1.82) is 0 Å². The Labute approximate surface area is 211 Å². The van der Waals surface area contributed by atoms with Crippen LogP contribution < -0.4 is 20.8 Å². The van der Waals surface area contributed by atoms with E-state index in [2.05, 4.69) is 44.0 Å². The number of piperidine rings is 1. The van der Waals surface area contributed by atoms with Crippen molar-refractivity contribution in [3.8, 4) is 0 Å². The van der Waals surface area contributed by atoms with E-state index in [1.165, 1.54) is 0 Å². The Morgan fingerprint density at radius 1 is 1.03 bits per heavy atom. The van der Waals surface area contributed by atoms with Gasteiger partial charge in [0, 0.05) is 6.54 Å². The average Bonchev–Trinajstić information content (AvgIpc) is 3.10. The first-order valence-electron chi connectivity index (χ1n) is 12.2. The second-order valence-electron chi connectivity index (χ2n) is 11.7. The van der Waals surface area contributed by atoms with Crippen LogP contribution in [0.4, 0.5) is 4.79 Å². The molecule has 35 heavy (non-hydrogen) atoms. The Bertz CT molecular complexity index is 901. The Balaban J connectivity index is 1.84. The first kappa shape index (κ1) is 27.8. The molecule has 0 aromatic carbocycles. The summed E-state index contributed by atoms with van der Waals surface area (Å²) >= 11 is 0. The number of Topliss-reactive ketones (excluding diaryl/α,β-unsaturated/α-hetero) is 1. The van der Waals surface area contributed by atoms with Gasteiger partial charge in [-0.15, -0.1) is 0 Å². The number of carbonyl (C=O) groups is 5. The van der Waals surface area contributed by atoms with E-state index in [9.17, 15) is 24.0 Å². The van der Waals surface area contributed by atoms with Crippen molar-refractivity contribution in [3.05, 3.63) is 0 Å². The van der Waals surface area contributed by atoms with Gasteiger partial charge in [0.25, 0.3) is 5.91 Å². The molecule has 0 spiro atoms. The van der Waals surface area contributed by atoms with E-state index in [0.717, 1.165) is 19.3 Å². The number of ketones is 1. The molecule has 0 aromatic rings. The molecule has 196 valence electrons. The lowest BCUT2D eigenvalue weighted by Gasteiger charge is -2.38. The highest BCUT2D eigenvalue weighted by atomic mass is 31.0. The van der Waals surface area contributed by atoms with Gasteiger partial charge in [-0.2, -0.15) is 0 Å². The zero-order chi connectivity index (χ0) is 26.3.